The number of thioether (sulfide) groups is 1. The maximum atomic E-state index is 11.8. The quantitative estimate of drug-likeness (QED) is 0.908. The highest BCUT2D eigenvalue weighted by Crippen LogP contribution is 2.42. The standard InChI is InChI=1S/C16H19N3O2S/c1-3-8-21-12-6-4-11(5-7-12)15-14-10(2)18-19-16(14)17-13(20)9-22-15/h4-7,15H,3,8-9H2,1-2H3,(H2,17,18,19,20)/t15-/m1/s1. The van der Waals surface area contributed by atoms with Crippen LogP contribution in [-0.2, 0) is 4.79 Å². The first-order valence-electron chi connectivity index (χ1n) is 7.38. The number of ether oxygens (including phenoxy) is 1. The molecule has 1 atom stereocenters. The van der Waals surface area contributed by atoms with Gasteiger partial charge in [-0.2, -0.15) is 5.10 Å². The Morgan fingerprint density at radius 1 is 1.36 bits per heavy atom. The normalized spacial score (nSPS) is 17.5. The molecule has 0 saturated carbocycles. The van der Waals surface area contributed by atoms with Crippen molar-refractivity contribution in [3.05, 3.63) is 41.1 Å². The molecule has 1 aliphatic heterocycles. The number of aromatic nitrogens is 2. The summed E-state index contributed by atoms with van der Waals surface area (Å²) < 4.78 is 5.63. The van der Waals surface area contributed by atoms with Crippen molar-refractivity contribution in [1.29, 1.82) is 0 Å². The zero-order valence-corrected chi connectivity index (χ0v) is 13.5. The summed E-state index contributed by atoms with van der Waals surface area (Å²) in [5.41, 5.74) is 3.19. The van der Waals surface area contributed by atoms with Crippen LogP contribution in [0.4, 0.5) is 5.82 Å². The van der Waals surface area contributed by atoms with Gasteiger partial charge in [-0.25, -0.2) is 0 Å². The predicted octanol–water partition coefficient (Wildman–Crippen LogP) is 3.28. The van der Waals surface area contributed by atoms with E-state index in [-0.39, 0.29) is 11.2 Å². The van der Waals surface area contributed by atoms with Crippen LogP contribution in [0.2, 0.25) is 0 Å². The van der Waals surface area contributed by atoms with Gasteiger partial charge in [0.25, 0.3) is 0 Å². The summed E-state index contributed by atoms with van der Waals surface area (Å²) in [6, 6.07) is 8.10. The first-order valence-corrected chi connectivity index (χ1v) is 8.43. The molecule has 22 heavy (non-hydrogen) atoms. The molecule has 0 bridgehead atoms. The van der Waals surface area contributed by atoms with Crippen molar-refractivity contribution in [2.24, 2.45) is 0 Å². The van der Waals surface area contributed by atoms with E-state index in [0.29, 0.717) is 11.6 Å². The van der Waals surface area contributed by atoms with Crippen LogP contribution in [0.3, 0.4) is 0 Å². The van der Waals surface area contributed by atoms with Gasteiger partial charge in [0.05, 0.1) is 17.6 Å². The molecule has 0 radical (unpaired) electrons. The van der Waals surface area contributed by atoms with E-state index in [0.717, 1.165) is 35.6 Å². The fraction of sp³-hybridized carbons (Fsp3) is 0.375. The van der Waals surface area contributed by atoms with Gasteiger partial charge in [0.2, 0.25) is 5.91 Å². The lowest BCUT2D eigenvalue weighted by Crippen LogP contribution is -2.12. The van der Waals surface area contributed by atoms with Crippen LogP contribution in [0.1, 0.15) is 35.4 Å². The minimum Gasteiger partial charge on any atom is -0.494 e. The Labute approximate surface area is 133 Å². The number of carbonyl (C=O) groups is 1. The van der Waals surface area contributed by atoms with E-state index in [2.05, 4.69) is 34.6 Å². The first kappa shape index (κ1) is 15.0. The minimum atomic E-state index is -0.0110. The molecule has 116 valence electrons. The van der Waals surface area contributed by atoms with Crippen LogP contribution >= 0.6 is 11.8 Å². The zero-order chi connectivity index (χ0) is 15.5. The molecule has 6 heteroatoms. The molecule has 0 spiro atoms. The number of fused-ring (bicyclic) bond motifs is 1. The van der Waals surface area contributed by atoms with Crippen LogP contribution in [0, 0.1) is 6.92 Å². The lowest BCUT2D eigenvalue weighted by atomic mass is 10.0. The molecular formula is C16H19N3O2S. The molecule has 0 fully saturated rings. The molecule has 2 aromatic rings. The molecule has 5 nitrogen and oxygen atoms in total. The second-order valence-corrected chi connectivity index (χ2v) is 6.36. The van der Waals surface area contributed by atoms with E-state index < -0.39 is 0 Å². The maximum Gasteiger partial charge on any atom is 0.235 e. The Balaban J connectivity index is 1.90. The number of anilines is 1. The van der Waals surface area contributed by atoms with Crippen molar-refractivity contribution in [3.63, 3.8) is 0 Å². The highest BCUT2D eigenvalue weighted by molar-refractivity contribution is 8.00. The Morgan fingerprint density at radius 3 is 2.86 bits per heavy atom. The Bertz CT molecular complexity index is 667. The highest BCUT2D eigenvalue weighted by atomic mass is 32.2. The van der Waals surface area contributed by atoms with Crippen molar-refractivity contribution in [2.75, 3.05) is 17.7 Å². The average molecular weight is 317 g/mol. The fourth-order valence-electron chi connectivity index (χ4n) is 2.49. The lowest BCUT2D eigenvalue weighted by molar-refractivity contribution is -0.113. The topological polar surface area (TPSA) is 67.0 Å². The van der Waals surface area contributed by atoms with Crippen LogP contribution in [0.5, 0.6) is 5.75 Å². The fourth-order valence-corrected chi connectivity index (χ4v) is 3.68. The monoisotopic (exact) mass is 317 g/mol. The van der Waals surface area contributed by atoms with Gasteiger partial charge in [0.1, 0.15) is 5.75 Å². The smallest absolute Gasteiger partial charge is 0.235 e. The van der Waals surface area contributed by atoms with Gasteiger partial charge >= 0.3 is 0 Å². The number of nitrogens with one attached hydrogen (secondary N) is 2. The lowest BCUT2D eigenvalue weighted by Gasteiger charge is -2.15. The van der Waals surface area contributed by atoms with Crippen molar-refractivity contribution in [2.45, 2.75) is 25.5 Å². The van der Waals surface area contributed by atoms with Gasteiger partial charge in [-0.3, -0.25) is 9.89 Å². The first-order chi connectivity index (χ1) is 10.7. The third-order valence-electron chi connectivity index (χ3n) is 3.55. The summed E-state index contributed by atoms with van der Waals surface area (Å²) in [6.45, 7) is 4.79. The predicted molar refractivity (Wildman–Crippen MR) is 88.5 cm³/mol. The Morgan fingerprint density at radius 2 is 2.14 bits per heavy atom. The summed E-state index contributed by atoms with van der Waals surface area (Å²) in [6.07, 6.45) is 0.992. The zero-order valence-electron chi connectivity index (χ0n) is 12.7. The minimum absolute atomic E-state index is 0.0110. The Hall–Kier alpha value is -1.95. The van der Waals surface area contributed by atoms with Crippen LogP contribution in [0.25, 0.3) is 0 Å². The Kier molecular flexibility index (Phi) is 4.38. The molecule has 1 aliphatic rings. The van der Waals surface area contributed by atoms with Crippen LogP contribution < -0.4 is 10.1 Å². The number of aromatic amines is 1. The second kappa shape index (κ2) is 6.44. The van der Waals surface area contributed by atoms with Gasteiger partial charge < -0.3 is 10.1 Å². The number of benzene rings is 1. The molecule has 0 aliphatic carbocycles. The van der Waals surface area contributed by atoms with Gasteiger partial charge in [0, 0.05) is 11.3 Å². The molecule has 3 rings (SSSR count). The van der Waals surface area contributed by atoms with Crippen LogP contribution in [0.15, 0.2) is 24.3 Å². The number of hydrogen-bond acceptors (Lipinski definition) is 4. The third-order valence-corrected chi connectivity index (χ3v) is 4.82. The van der Waals surface area contributed by atoms with Crippen molar-refractivity contribution >= 4 is 23.5 Å². The largest absolute Gasteiger partial charge is 0.494 e. The molecule has 1 aromatic carbocycles. The number of nitrogens with zero attached hydrogens (tertiary/aromatic N) is 1. The number of hydrogen-bond donors (Lipinski definition) is 2. The highest BCUT2D eigenvalue weighted by Gasteiger charge is 2.28. The van der Waals surface area contributed by atoms with E-state index in [9.17, 15) is 4.79 Å². The van der Waals surface area contributed by atoms with E-state index in [1.165, 1.54) is 0 Å². The average Bonchev–Trinajstić information content (AvgIpc) is 2.78. The molecule has 2 heterocycles. The van der Waals surface area contributed by atoms with Gasteiger partial charge in [-0.1, -0.05) is 19.1 Å². The van der Waals surface area contributed by atoms with Gasteiger partial charge in [-0.05, 0) is 31.0 Å². The molecule has 1 amide bonds. The van der Waals surface area contributed by atoms with Gasteiger partial charge in [-0.15, -0.1) is 11.8 Å². The molecule has 0 unspecified atom stereocenters. The van der Waals surface area contributed by atoms with Crippen LogP contribution in [-0.4, -0.2) is 28.5 Å². The molecular weight excluding hydrogens is 298 g/mol. The van der Waals surface area contributed by atoms with E-state index in [1.807, 2.05) is 19.1 Å². The summed E-state index contributed by atoms with van der Waals surface area (Å²) in [5, 5.41) is 10.1. The molecule has 0 saturated heterocycles. The maximum absolute atomic E-state index is 11.8. The van der Waals surface area contributed by atoms with E-state index >= 15 is 0 Å². The molecule has 1 aromatic heterocycles. The number of aryl methyl sites for hydroxylation is 1. The van der Waals surface area contributed by atoms with E-state index in [4.69, 9.17) is 4.74 Å². The summed E-state index contributed by atoms with van der Waals surface area (Å²) >= 11 is 1.62. The number of H-pyrrole nitrogens is 1. The number of rotatable bonds is 4. The summed E-state index contributed by atoms with van der Waals surface area (Å²) in [5.74, 6) is 1.93. The van der Waals surface area contributed by atoms with Crippen molar-refractivity contribution in [3.8, 4) is 5.75 Å². The summed E-state index contributed by atoms with van der Waals surface area (Å²) in [4.78, 5) is 11.8. The van der Waals surface area contributed by atoms with E-state index in [1.54, 1.807) is 11.8 Å². The molecule has 2 N–H and O–H groups in total. The SMILES string of the molecule is CCCOc1ccc([C@H]2SCC(=O)Nc3n[nH]c(C)c32)cc1. The second-order valence-electron chi connectivity index (χ2n) is 5.27. The summed E-state index contributed by atoms with van der Waals surface area (Å²) in [7, 11) is 0. The van der Waals surface area contributed by atoms with Crippen molar-refractivity contribution in [1.82, 2.24) is 10.2 Å². The number of amides is 1. The van der Waals surface area contributed by atoms with Gasteiger partial charge in [0.15, 0.2) is 5.82 Å². The van der Waals surface area contributed by atoms with Crippen molar-refractivity contribution < 1.29 is 9.53 Å². The number of carbonyl (C=O) groups excluding carboxylic acids is 1. The third kappa shape index (κ3) is 2.97.